The molecule has 0 spiro atoms. The third kappa shape index (κ3) is 4.56. The summed E-state index contributed by atoms with van der Waals surface area (Å²) in [4.78, 5) is 0. The predicted octanol–water partition coefficient (Wildman–Crippen LogP) is 3.92. The summed E-state index contributed by atoms with van der Waals surface area (Å²) in [5, 5.41) is 3.93. The van der Waals surface area contributed by atoms with Crippen molar-refractivity contribution >= 4 is 21.4 Å². The molecule has 1 aromatic carbocycles. The fourth-order valence-electron chi connectivity index (χ4n) is 2.44. The first kappa shape index (κ1) is 17.0. The second kappa shape index (κ2) is 7.79. The van der Waals surface area contributed by atoms with E-state index in [9.17, 15) is 8.42 Å². The van der Waals surface area contributed by atoms with Crippen molar-refractivity contribution in [2.75, 3.05) is 5.75 Å². The van der Waals surface area contributed by atoms with E-state index in [1.807, 2.05) is 47.2 Å². The molecule has 3 rings (SSSR count). The molecule has 6 heteroatoms. The molecule has 3 aromatic rings. The lowest BCUT2D eigenvalue weighted by atomic mass is 10.2. The second-order valence-electron chi connectivity index (χ2n) is 5.53. The van der Waals surface area contributed by atoms with Gasteiger partial charge >= 0.3 is 0 Å². The summed E-state index contributed by atoms with van der Waals surface area (Å²) in [6, 6.07) is 15.2. The van der Waals surface area contributed by atoms with Gasteiger partial charge < -0.3 is 4.42 Å². The standard InChI is InChI=1S/C18H19NO3S2/c20-24(21,12-9-16-5-2-1-3-6-16)19(13-17-8-11-23-15-17)14-18-7-4-10-22-18/h1-8,10-11,15H,9,12-14H2. The minimum absolute atomic E-state index is 0.0852. The van der Waals surface area contributed by atoms with Crippen LogP contribution in [0.15, 0.2) is 70.0 Å². The number of rotatable bonds is 8. The van der Waals surface area contributed by atoms with Crippen molar-refractivity contribution in [2.24, 2.45) is 0 Å². The molecule has 0 unspecified atom stereocenters. The van der Waals surface area contributed by atoms with Crippen molar-refractivity contribution in [1.82, 2.24) is 4.31 Å². The first-order chi connectivity index (χ1) is 11.6. The third-order valence-corrected chi connectivity index (χ3v) is 6.23. The second-order valence-corrected chi connectivity index (χ2v) is 8.40. The van der Waals surface area contributed by atoms with Gasteiger partial charge in [-0.2, -0.15) is 15.6 Å². The molecular formula is C18H19NO3S2. The molecule has 0 aliphatic rings. The van der Waals surface area contributed by atoms with Gasteiger partial charge in [-0.1, -0.05) is 30.3 Å². The summed E-state index contributed by atoms with van der Waals surface area (Å²) in [6.07, 6.45) is 2.07. The summed E-state index contributed by atoms with van der Waals surface area (Å²) in [6.45, 7) is 0.612. The van der Waals surface area contributed by atoms with Crippen molar-refractivity contribution in [2.45, 2.75) is 19.5 Å². The molecule has 2 heterocycles. The summed E-state index contributed by atoms with van der Waals surface area (Å²) < 4.78 is 32.5. The normalized spacial score (nSPS) is 11.9. The largest absolute Gasteiger partial charge is 0.468 e. The topological polar surface area (TPSA) is 50.5 Å². The number of furan rings is 1. The molecule has 24 heavy (non-hydrogen) atoms. The Labute approximate surface area is 146 Å². The van der Waals surface area contributed by atoms with Gasteiger partial charge in [0.25, 0.3) is 0 Å². The monoisotopic (exact) mass is 361 g/mol. The lowest BCUT2D eigenvalue weighted by Crippen LogP contribution is -2.32. The maximum atomic E-state index is 12.8. The number of hydrogen-bond donors (Lipinski definition) is 0. The van der Waals surface area contributed by atoms with Crippen LogP contribution in [-0.4, -0.2) is 18.5 Å². The zero-order chi connectivity index (χ0) is 16.8. The number of sulfonamides is 1. The number of nitrogens with zero attached hydrogens (tertiary/aromatic N) is 1. The Morgan fingerprint density at radius 3 is 2.46 bits per heavy atom. The average molecular weight is 361 g/mol. The summed E-state index contributed by atoms with van der Waals surface area (Å²) >= 11 is 1.57. The van der Waals surface area contributed by atoms with Crippen LogP contribution in [0.25, 0.3) is 0 Å². The van der Waals surface area contributed by atoms with Crippen LogP contribution in [0.4, 0.5) is 0 Å². The van der Waals surface area contributed by atoms with Gasteiger partial charge in [0, 0.05) is 6.54 Å². The highest BCUT2D eigenvalue weighted by molar-refractivity contribution is 7.89. The van der Waals surface area contributed by atoms with E-state index in [0.717, 1.165) is 11.1 Å². The fraction of sp³-hybridized carbons (Fsp3) is 0.222. The third-order valence-electron chi connectivity index (χ3n) is 3.74. The number of aryl methyl sites for hydroxylation is 1. The van der Waals surface area contributed by atoms with Crippen molar-refractivity contribution < 1.29 is 12.8 Å². The van der Waals surface area contributed by atoms with Gasteiger partial charge in [-0.05, 0) is 46.5 Å². The zero-order valence-corrected chi connectivity index (χ0v) is 14.8. The van der Waals surface area contributed by atoms with Crippen LogP contribution in [0, 0.1) is 0 Å². The van der Waals surface area contributed by atoms with E-state index in [0.29, 0.717) is 18.7 Å². The van der Waals surface area contributed by atoms with Crippen molar-refractivity contribution in [3.05, 3.63) is 82.4 Å². The Balaban J connectivity index is 1.74. The molecule has 2 aromatic heterocycles. The van der Waals surface area contributed by atoms with E-state index >= 15 is 0 Å². The predicted molar refractivity (Wildman–Crippen MR) is 96.2 cm³/mol. The zero-order valence-electron chi connectivity index (χ0n) is 13.2. The number of hydrogen-bond acceptors (Lipinski definition) is 4. The first-order valence-corrected chi connectivity index (χ1v) is 10.2. The quantitative estimate of drug-likeness (QED) is 0.611. The van der Waals surface area contributed by atoms with E-state index in [4.69, 9.17) is 4.42 Å². The van der Waals surface area contributed by atoms with Crippen molar-refractivity contribution in [3.8, 4) is 0 Å². The molecule has 0 saturated heterocycles. The van der Waals surface area contributed by atoms with Crippen LogP contribution in [-0.2, 0) is 29.5 Å². The fourth-order valence-corrected chi connectivity index (χ4v) is 4.52. The molecule has 0 radical (unpaired) electrons. The van der Waals surface area contributed by atoms with Gasteiger partial charge in [-0.25, -0.2) is 8.42 Å². The lowest BCUT2D eigenvalue weighted by Gasteiger charge is -2.21. The molecule has 0 amide bonds. The van der Waals surface area contributed by atoms with Crippen molar-refractivity contribution in [1.29, 1.82) is 0 Å². The minimum atomic E-state index is -3.39. The van der Waals surface area contributed by atoms with Crippen LogP contribution >= 0.6 is 11.3 Å². The highest BCUT2D eigenvalue weighted by atomic mass is 32.2. The molecule has 0 bridgehead atoms. The summed E-state index contributed by atoms with van der Waals surface area (Å²) in [5.74, 6) is 0.732. The van der Waals surface area contributed by atoms with E-state index in [1.54, 1.807) is 29.7 Å². The van der Waals surface area contributed by atoms with Crippen LogP contribution in [0.2, 0.25) is 0 Å². The Kier molecular flexibility index (Phi) is 5.50. The van der Waals surface area contributed by atoms with Gasteiger partial charge in [-0.3, -0.25) is 0 Å². The minimum Gasteiger partial charge on any atom is -0.468 e. The Morgan fingerprint density at radius 1 is 0.958 bits per heavy atom. The van der Waals surface area contributed by atoms with Crippen LogP contribution in [0.5, 0.6) is 0 Å². The highest BCUT2D eigenvalue weighted by Gasteiger charge is 2.23. The summed E-state index contributed by atoms with van der Waals surface area (Å²) in [7, 11) is -3.39. The molecule has 0 N–H and O–H groups in total. The van der Waals surface area contributed by atoms with E-state index in [-0.39, 0.29) is 12.3 Å². The van der Waals surface area contributed by atoms with Crippen LogP contribution in [0.3, 0.4) is 0 Å². The van der Waals surface area contributed by atoms with Gasteiger partial charge in [-0.15, -0.1) is 0 Å². The van der Waals surface area contributed by atoms with Crippen molar-refractivity contribution in [3.63, 3.8) is 0 Å². The van der Waals surface area contributed by atoms with E-state index in [1.165, 1.54) is 4.31 Å². The number of benzene rings is 1. The SMILES string of the molecule is O=S(=O)(CCc1ccccc1)N(Cc1ccsc1)Cc1ccco1. The Morgan fingerprint density at radius 2 is 1.79 bits per heavy atom. The van der Waals surface area contributed by atoms with Gasteiger partial charge in [0.2, 0.25) is 10.0 Å². The first-order valence-electron chi connectivity index (χ1n) is 7.69. The van der Waals surface area contributed by atoms with E-state index < -0.39 is 10.0 Å². The maximum absolute atomic E-state index is 12.8. The van der Waals surface area contributed by atoms with Crippen LogP contribution < -0.4 is 0 Å². The smallest absolute Gasteiger partial charge is 0.215 e. The van der Waals surface area contributed by atoms with Crippen LogP contribution in [0.1, 0.15) is 16.9 Å². The Bertz CT molecular complexity index is 790. The Hall–Kier alpha value is -1.89. The molecule has 0 saturated carbocycles. The molecule has 4 nitrogen and oxygen atoms in total. The molecule has 0 aliphatic heterocycles. The number of thiophene rings is 1. The maximum Gasteiger partial charge on any atom is 0.215 e. The molecule has 0 fully saturated rings. The van der Waals surface area contributed by atoms with Gasteiger partial charge in [0.1, 0.15) is 5.76 Å². The van der Waals surface area contributed by atoms with Gasteiger partial charge in [0.15, 0.2) is 0 Å². The average Bonchev–Trinajstić information content (AvgIpc) is 3.27. The lowest BCUT2D eigenvalue weighted by molar-refractivity contribution is 0.359. The molecule has 0 atom stereocenters. The highest BCUT2D eigenvalue weighted by Crippen LogP contribution is 2.18. The summed E-state index contributed by atoms with van der Waals surface area (Å²) in [5.41, 5.74) is 2.02. The van der Waals surface area contributed by atoms with E-state index in [2.05, 4.69) is 0 Å². The van der Waals surface area contributed by atoms with Gasteiger partial charge in [0.05, 0.1) is 18.6 Å². The molecular weight excluding hydrogens is 342 g/mol. The molecule has 0 aliphatic carbocycles. The molecule has 126 valence electrons.